The molecule has 2 aliphatic rings. The lowest BCUT2D eigenvalue weighted by atomic mass is 9.93. The Bertz CT molecular complexity index is 1020. The lowest BCUT2D eigenvalue weighted by molar-refractivity contribution is -0.123. The van der Waals surface area contributed by atoms with Gasteiger partial charge in [0.15, 0.2) is 5.76 Å². The number of carbonyl (C=O) groups is 1. The van der Waals surface area contributed by atoms with E-state index in [1.165, 1.54) is 9.87 Å². The number of aromatic nitrogens is 1. The van der Waals surface area contributed by atoms with E-state index in [9.17, 15) is 13.2 Å². The van der Waals surface area contributed by atoms with Gasteiger partial charge in [0.25, 0.3) is 0 Å². The maximum absolute atomic E-state index is 13.4. The second-order valence-corrected chi connectivity index (χ2v) is 9.91. The molecule has 0 saturated carbocycles. The number of nitrogens with zero attached hydrogens (tertiary/aromatic N) is 3. The van der Waals surface area contributed by atoms with E-state index < -0.39 is 10.0 Å². The number of hydrogen-bond donors (Lipinski definition) is 0. The zero-order chi connectivity index (χ0) is 20.8. The molecule has 1 saturated heterocycles. The summed E-state index contributed by atoms with van der Waals surface area (Å²) in [5.41, 5.74) is 3.65. The van der Waals surface area contributed by atoms with E-state index in [4.69, 9.17) is 4.52 Å². The first-order chi connectivity index (χ1) is 13.8. The van der Waals surface area contributed by atoms with Crippen molar-refractivity contribution in [2.45, 2.75) is 51.3 Å². The molecule has 1 aromatic carbocycles. The molecule has 1 unspecified atom stereocenters. The number of para-hydroxylation sites is 1. The van der Waals surface area contributed by atoms with Crippen LogP contribution in [0.25, 0.3) is 0 Å². The third-order valence-electron chi connectivity index (χ3n) is 5.98. The van der Waals surface area contributed by atoms with Gasteiger partial charge in [0.05, 0.1) is 5.92 Å². The molecule has 8 heteroatoms. The molecule has 2 aromatic rings. The standard InChI is InChI=1S/C21H27N3O4S/c1-14-7-4-8-17-9-6-12-24(19(14)17)21(25)18-10-5-11-23(13-18)29(26,27)20-15(2)22-28-16(20)3/h4,7-8,18H,5-6,9-13H2,1-3H3. The summed E-state index contributed by atoms with van der Waals surface area (Å²) in [5.74, 6) is -0.0278. The number of hydrogen-bond acceptors (Lipinski definition) is 5. The van der Waals surface area contributed by atoms with Gasteiger partial charge >= 0.3 is 0 Å². The number of sulfonamides is 1. The van der Waals surface area contributed by atoms with Crippen molar-refractivity contribution in [3.63, 3.8) is 0 Å². The molecule has 4 rings (SSSR count). The third kappa shape index (κ3) is 3.48. The largest absolute Gasteiger partial charge is 0.360 e. The Labute approximate surface area is 171 Å². The van der Waals surface area contributed by atoms with Crippen LogP contribution in [0.4, 0.5) is 5.69 Å². The van der Waals surface area contributed by atoms with Gasteiger partial charge in [-0.25, -0.2) is 8.42 Å². The summed E-state index contributed by atoms with van der Waals surface area (Å²) >= 11 is 0. The number of carbonyl (C=O) groups excluding carboxylic acids is 1. The molecule has 1 aromatic heterocycles. The SMILES string of the molecule is Cc1cccc2c1N(C(=O)C1CCCN(S(=O)(=O)c3c(C)noc3C)C1)CCC2. The topological polar surface area (TPSA) is 83.7 Å². The van der Waals surface area contributed by atoms with Crippen LogP contribution in [0.1, 0.15) is 41.8 Å². The number of anilines is 1. The fourth-order valence-corrected chi connectivity index (χ4v) is 6.44. The summed E-state index contributed by atoms with van der Waals surface area (Å²) in [7, 11) is -3.74. The number of amides is 1. The average Bonchev–Trinajstić information content (AvgIpc) is 3.06. The first kappa shape index (κ1) is 20.1. The van der Waals surface area contributed by atoms with E-state index in [1.807, 2.05) is 24.0 Å². The average molecular weight is 418 g/mol. The van der Waals surface area contributed by atoms with Crippen molar-refractivity contribution >= 4 is 21.6 Å². The van der Waals surface area contributed by atoms with Crippen LogP contribution in [0.5, 0.6) is 0 Å². The highest BCUT2D eigenvalue weighted by atomic mass is 32.2. The molecule has 7 nitrogen and oxygen atoms in total. The minimum absolute atomic E-state index is 0.0268. The van der Waals surface area contributed by atoms with Gasteiger partial charge in [0, 0.05) is 25.3 Å². The van der Waals surface area contributed by atoms with E-state index >= 15 is 0 Å². The summed E-state index contributed by atoms with van der Waals surface area (Å²) in [6, 6.07) is 6.14. The minimum atomic E-state index is -3.74. The predicted molar refractivity (Wildman–Crippen MR) is 109 cm³/mol. The van der Waals surface area contributed by atoms with Crippen LogP contribution in [-0.2, 0) is 21.2 Å². The van der Waals surface area contributed by atoms with Gasteiger partial charge in [0.2, 0.25) is 15.9 Å². The highest BCUT2D eigenvalue weighted by Crippen LogP contribution is 2.34. The predicted octanol–water partition coefficient (Wildman–Crippen LogP) is 2.98. The van der Waals surface area contributed by atoms with E-state index in [-0.39, 0.29) is 29.0 Å². The van der Waals surface area contributed by atoms with Gasteiger partial charge in [-0.15, -0.1) is 0 Å². The number of piperidine rings is 1. The van der Waals surface area contributed by atoms with Gasteiger partial charge in [-0.3, -0.25) is 4.79 Å². The third-order valence-corrected chi connectivity index (χ3v) is 8.09. The van der Waals surface area contributed by atoms with Crippen LogP contribution in [0, 0.1) is 26.7 Å². The monoisotopic (exact) mass is 417 g/mol. The molecular weight excluding hydrogens is 390 g/mol. The fourth-order valence-electron chi connectivity index (χ4n) is 4.62. The second-order valence-electron chi connectivity index (χ2n) is 8.03. The Morgan fingerprint density at radius 1 is 1.17 bits per heavy atom. The first-order valence-corrected chi connectivity index (χ1v) is 11.6. The Morgan fingerprint density at radius 3 is 2.69 bits per heavy atom. The number of rotatable bonds is 3. The molecule has 1 fully saturated rings. The molecule has 29 heavy (non-hydrogen) atoms. The van der Waals surface area contributed by atoms with Crippen molar-refractivity contribution in [1.82, 2.24) is 9.46 Å². The van der Waals surface area contributed by atoms with E-state index in [0.717, 1.165) is 24.1 Å². The maximum Gasteiger partial charge on any atom is 0.248 e. The summed E-state index contributed by atoms with van der Waals surface area (Å²) in [6.45, 7) is 6.55. The first-order valence-electron chi connectivity index (χ1n) is 10.1. The van der Waals surface area contributed by atoms with Gasteiger partial charge in [-0.1, -0.05) is 23.4 Å². The summed E-state index contributed by atoms with van der Waals surface area (Å²) in [5, 5.41) is 3.78. The molecular formula is C21H27N3O4S. The second kappa shape index (κ2) is 7.57. The Hall–Kier alpha value is -2.19. The number of aryl methyl sites for hydroxylation is 4. The lowest BCUT2D eigenvalue weighted by Gasteiger charge is -2.37. The number of benzene rings is 1. The molecule has 3 heterocycles. The molecule has 0 spiro atoms. The lowest BCUT2D eigenvalue weighted by Crippen LogP contribution is -2.48. The Kier molecular flexibility index (Phi) is 5.25. The van der Waals surface area contributed by atoms with Crippen molar-refractivity contribution in [2.75, 3.05) is 24.5 Å². The maximum atomic E-state index is 13.4. The van der Waals surface area contributed by atoms with Crippen molar-refractivity contribution in [1.29, 1.82) is 0 Å². The van der Waals surface area contributed by atoms with Crippen LogP contribution < -0.4 is 4.90 Å². The van der Waals surface area contributed by atoms with Crippen LogP contribution in [0.2, 0.25) is 0 Å². The van der Waals surface area contributed by atoms with E-state index in [0.29, 0.717) is 31.6 Å². The highest BCUT2D eigenvalue weighted by Gasteiger charge is 2.38. The van der Waals surface area contributed by atoms with Crippen molar-refractivity contribution < 1.29 is 17.7 Å². The Morgan fingerprint density at radius 2 is 1.97 bits per heavy atom. The molecule has 0 radical (unpaired) electrons. The molecule has 0 N–H and O–H groups in total. The van der Waals surface area contributed by atoms with Crippen LogP contribution >= 0.6 is 0 Å². The zero-order valence-corrected chi connectivity index (χ0v) is 18.0. The van der Waals surface area contributed by atoms with Crippen molar-refractivity contribution in [3.8, 4) is 0 Å². The highest BCUT2D eigenvalue weighted by molar-refractivity contribution is 7.89. The molecule has 0 aliphatic carbocycles. The normalized spacial score (nSPS) is 20.5. The quantitative estimate of drug-likeness (QED) is 0.767. The molecule has 1 amide bonds. The summed E-state index contributed by atoms with van der Waals surface area (Å²) < 4.78 is 32.9. The minimum Gasteiger partial charge on any atom is -0.360 e. The Balaban J connectivity index is 1.59. The summed E-state index contributed by atoms with van der Waals surface area (Å²) in [4.78, 5) is 15.4. The van der Waals surface area contributed by atoms with Crippen molar-refractivity contribution in [2.24, 2.45) is 5.92 Å². The van der Waals surface area contributed by atoms with Crippen LogP contribution in [0.15, 0.2) is 27.6 Å². The summed E-state index contributed by atoms with van der Waals surface area (Å²) in [6.07, 6.45) is 3.26. The fraction of sp³-hybridized carbons (Fsp3) is 0.524. The van der Waals surface area contributed by atoms with E-state index in [2.05, 4.69) is 11.2 Å². The molecule has 2 aliphatic heterocycles. The van der Waals surface area contributed by atoms with Gasteiger partial charge in [0.1, 0.15) is 10.6 Å². The van der Waals surface area contributed by atoms with Crippen LogP contribution in [-0.4, -0.2) is 43.4 Å². The molecule has 1 atom stereocenters. The molecule has 0 bridgehead atoms. The van der Waals surface area contributed by atoms with Gasteiger partial charge in [-0.2, -0.15) is 4.31 Å². The van der Waals surface area contributed by atoms with E-state index in [1.54, 1.807) is 13.8 Å². The van der Waals surface area contributed by atoms with Gasteiger partial charge < -0.3 is 9.42 Å². The van der Waals surface area contributed by atoms with Crippen LogP contribution in [0.3, 0.4) is 0 Å². The zero-order valence-electron chi connectivity index (χ0n) is 17.1. The van der Waals surface area contributed by atoms with Crippen molar-refractivity contribution in [3.05, 3.63) is 40.8 Å². The van der Waals surface area contributed by atoms with Gasteiger partial charge in [-0.05, 0) is 57.6 Å². The number of fused-ring (bicyclic) bond motifs is 1. The smallest absolute Gasteiger partial charge is 0.248 e. The molecule has 156 valence electrons.